The molecule has 1 heterocycles. The zero-order valence-corrected chi connectivity index (χ0v) is 9.88. The first kappa shape index (κ1) is 12.5. The molecular formula is C13H17F2NO. The van der Waals surface area contributed by atoms with Crippen molar-refractivity contribution in [1.29, 1.82) is 0 Å². The van der Waals surface area contributed by atoms with Gasteiger partial charge in [-0.15, -0.1) is 0 Å². The summed E-state index contributed by atoms with van der Waals surface area (Å²) in [7, 11) is 0. The Morgan fingerprint density at radius 3 is 2.94 bits per heavy atom. The molecule has 94 valence electrons. The molecule has 0 saturated carbocycles. The van der Waals surface area contributed by atoms with Crippen LogP contribution in [-0.4, -0.2) is 18.8 Å². The van der Waals surface area contributed by atoms with Gasteiger partial charge >= 0.3 is 0 Å². The predicted molar refractivity (Wildman–Crippen MR) is 62.1 cm³/mol. The van der Waals surface area contributed by atoms with Crippen LogP contribution in [0.2, 0.25) is 0 Å². The summed E-state index contributed by atoms with van der Waals surface area (Å²) < 4.78 is 30.4. The molecule has 0 amide bonds. The molecule has 1 aromatic carbocycles. The number of benzene rings is 1. The molecule has 0 aromatic heterocycles. The lowest BCUT2D eigenvalue weighted by Gasteiger charge is -2.23. The fraction of sp³-hybridized carbons (Fsp3) is 0.538. The first-order chi connectivity index (χ1) is 8.09. The molecule has 1 aliphatic rings. The van der Waals surface area contributed by atoms with Crippen molar-refractivity contribution in [1.82, 2.24) is 5.32 Å². The van der Waals surface area contributed by atoms with E-state index in [1.54, 1.807) is 12.1 Å². The Bertz CT molecular complexity index is 375. The topological polar surface area (TPSA) is 21.3 Å². The molecule has 0 aliphatic carbocycles. The molecule has 0 bridgehead atoms. The zero-order chi connectivity index (χ0) is 12.3. The quantitative estimate of drug-likeness (QED) is 0.875. The largest absolute Gasteiger partial charge is 0.379 e. The van der Waals surface area contributed by atoms with Gasteiger partial charge in [-0.05, 0) is 25.0 Å². The Kier molecular flexibility index (Phi) is 3.74. The lowest BCUT2D eigenvalue weighted by atomic mass is 10.0. The summed E-state index contributed by atoms with van der Waals surface area (Å²) >= 11 is 0. The van der Waals surface area contributed by atoms with E-state index in [4.69, 9.17) is 4.74 Å². The van der Waals surface area contributed by atoms with Gasteiger partial charge < -0.3 is 10.1 Å². The molecule has 2 nitrogen and oxygen atoms in total. The van der Waals surface area contributed by atoms with E-state index in [0.717, 1.165) is 18.6 Å². The van der Waals surface area contributed by atoms with Crippen LogP contribution in [0.3, 0.4) is 0 Å². The lowest BCUT2D eigenvalue weighted by molar-refractivity contribution is 0.151. The molecule has 1 unspecified atom stereocenters. The average molecular weight is 241 g/mol. The van der Waals surface area contributed by atoms with Crippen LogP contribution in [0.25, 0.3) is 0 Å². The molecule has 1 saturated heterocycles. The van der Waals surface area contributed by atoms with Crippen molar-refractivity contribution in [2.75, 3.05) is 13.2 Å². The summed E-state index contributed by atoms with van der Waals surface area (Å²) in [5, 5.41) is 3.37. The van der Waals surface area contributed by atoms with Crippen LogP contribution in [0.4, 0.5) is 8.78 Å². The molecule has 4 heteroatoms. The summed E-state index contributed by atoms with van der Waals surface area (Å²) in [5.41, 5.74) is 0.939. The van der Waals surface area contributed by atoms with Crippen LogP contribution in [0.1, 0.15) is 30.9 Å². The maximum atomic E-state index is 12.5. The molecule has 2 rings (SSSR count). The van der Waals surface area contributed by atoms with Crippen LogP contribution < -0.4 is 5.32 Å². The smallest absolute Gasteiger partial charge is 0.263 e. The summed E-state index contributed by atoms with van der Waals surface area (Å²) in [4.78, 5) is 0. The normalized spacial score (nSPS) is 24.5. The highest BCUT2D eigenvalue weighted by Gasteiger charge is 2.28. The van der Waals surface area contributed by atoms with Gasteiger partial charge in [-0.3, -0.25) is 0 Å². The van der Waals surface area contributed by atoms with Gasteiger partial charge in [0.2, 0.25) is 0 Å². The maximum Gasteiger partial charge on any atom is 0.263 e. The molecule has 17 heavy (non-hydrogen) atoms. The average Bonchev–Trinajstić information content (AvgIpc) is 2.75. The molecular weight excluding hydrogens is 224 g/mol. The number of hydrogen-bond donors (Lipinski definition) is 1. The van der Waals surface area contributed by atoms with Gasteiger partial charge in [0, 0.05) is 24.3 Å². The summed E-state index contributed by atoms with van der Waals surface area (Å²) in [6.07, 6.45) is -1.44. The monoisotopic (exact) mass is 241 g/mol. The predicted octanol–water partition coefficient (Wildman–Crippen LogP) is 2.89. The van der Waals surface area contributed by atoms with E-state index in [2.05, 4.69) is 12.2 Å². The second kappa shape index (κ2) is 5.10. The summed E-state index contributed by atoms with van der Waals surface area (Å²) in [5.74, 6) is 0. The number of halogens is 2. The van der Waals surface area contributed by atoms with Gasteiger partial charge in [-0.25, -0.2) is 8.78 Å². The third-order valence-corrected chi connectivity index (χ3v) is 3.14. The molecule has 1 N–H and O–H groups in total. The number of ether oxygens (including phenoxy) is 1. The van der Waals surface area contributed by atoms with Crippen molar-refractivity contribution in [2.45, 2.75) is 31.9 Å². The van der Waals surface area contributed by atoms with Gasteiger partial charge in [-0.2, -0.15) is 0 Å². The van der Waals surface area contributed by atoms with Gasteiger partial charge in [0.1, 0.15) is 0 Å². The van der Waals surface area contributed by atoms with E-state index >= 15 is 0 Å². The van der Waals surface area contributed by atoms with E-state index in [-0.39, 0.29) is 11.1 Å². The van der Waals surface area contributed by atoms with Crippen molar-refractivity contribution in [3.63, 3.8) is 0 Å². The van der Waals surface area contributed by atoms with E-state index < -0.39 is 6.43 Å². The van der Waals surface area contributed by atoms with E-state index in [9.17, 15) is 8.78 Å². The van der Waals surface area contributed by atoms with E-state index in [1.165, 1.54) is 6.07 Å². The molecule has 1 aromatic rings. The highest BCUT2D eigenvalue weighted by atomic mass is 19.3. The third kappa shape index (κ3) is 3.23. The van der Waals surface area contributed by atoms with Crippen molar-refractivity contribution in [3.8, 4) is 0 Å². The van der Waals surface area contributed by atoms with Gasteiger partial charge in [0.15, 0.2) is 0 Å². The van der Waals surface area contributed by atoms with E-state index in [0.29, 0.717) is 13.2 Å². The number of rotatable bonds is 4. The first-order valence-corrected chi connectivity index (χ1v) is 5.79. The summed E-state index contributed by atoms with van der Waals surface area (Å²) in [6.45, 7) is 4.14. The molecule has 1 aliphatic heterocycles. The molecule has 0 radical (unpaired) electrons. The Balaban J connectivity index is 1.96. The molecule has 1 atom stereocenters. The number of alkyl halides is 2. The number of hydrogen-bond acceptors (Lipinski definition) is 2. The fourth-order valence-corrected chi connectivity index (χ4v) is 1.96. The zero-order valence-electron chi connectivity index (χ0n) is 9.88. The Morgan fingerprint density at radius 1 is 1.47 bits per heavy atom. The van der Waals surface area contributed by atoms with Crippen molar-refractivity contribution in [3.05, 3.63) is 35.4 Å². The second-order valence-corrected chi connectivity index (χ2v) is 4.76. The Hall–Kier alpha value is -1.00. The molecule has 1 fully saturated rings. The third-order valence-electron chi connectivity index (χ3n) is 3.14. The van der Waals surface area contributed by atoms with Crippen molar-refractivity contribution in [2.24, 2.45) is 0 Å². The highest BCUT2D eigenvalue weighted by Crippen LogP contribution is 2.21. The lowest BCUT2D eigenvalue weighted by Crippen LogP contribution is -2.42. The van der Waals surface area contributed by atoms with Crippen LogP contribution in [0.15, 0.2) is 24.3 Å². The maximum absolute atomic E-state index is 12.5. The SMILES string of the molecule is CC1(NCc2cccc(C(F)F)c2)CCOC1. The van der Waals surface area contributed by atoms with Crippen LogP contribution in [0.5, 0.6) is 0 Å². The molecule has 0 spiro atoms. The standard InChI is InChI=1S/C13H17F2NO/c1-13(5-6-17-9-13)16-8-10-3-2-4-11(7-10)12(14)15/h2-4,7,12,16H,5-6,8-9H2,1H3. The van der Waals surface area contributed by atoms with Crippen LogP contribution in [0, 0.1) is 0 Å². The van der Waals surface area contributed by atoms with Crippen LogP contribution in [-0.2, 0) is 11.3 Å². The fourth-order valence-electron chi connectivity index (χ4n) is 1.96. The van der Waals surface area contributed by atoms with Crippen molar-refractivity contribution >= 4 is 0 Å². The van der Waals surface area contributed by atoms with Gasteiger partial charge in [-0.1, -0.05) is 18.2 Å². The minimum absolute atomic E-state index is 0.0269. The van der Waals surface area contributed by atoms with Gasteiger partial charge in [0.05, 0.1) is 6.61 Å². The summed E-state index contributed by atoms with van der Waals surface area (Å²) in [6, 6.07) is 6.54. The van der Waals surface area contributed by atoms with Crippen LogP contribution >= 0.6 is 0 Å². The first-order valence-electron chi connectivity index (χ1n) is 5.79. The highest BCUT2D eigenvalue weighted by molar-refractivity contribution is 5.24. The van der Waals surface area contributed by atoms with E-state index in [1.807, 2.05) is 6.07 Å². The Morgan fingerprint density at radius 2 is 2.29 bits per heavy atom. The van der Waals surface area contributed by atoms with Gasteiger partial charge in [0.25, 0.3) is 6.43 Å². The minimum atomic E-state index is -2.40. The number of nitrogens with one attached hydrogen (secondary N) is 1. The second-order valence-electron chi connectivity index (χ2n) is 4.76. The van der Waals surface area contributed by atoms with Crippen molar-refractivity contribution < 1.29 is 13.5 Å². The Labute approximate surface area is 100.0 Å². The minimum Gasteiger partial charge on any atom is -0.379 e.